The Labute approximate surface area is 89.1 Å². The van der Waals surface area contributed by atoms with Gasteiger partial charge < -0.3 is 5.32 Å². The van der Waals surface area contributed by atoms with E-state index in [0.29, 0.717) is 11.6 Å². The molecule has 0 saturated heterocycles. The Balaban J connectivity index is 2.47. The first kappa shape index (κ1) is 11.5. The van der Waals surface area contributed by atoms with Crippen LogP contribution < -0.4 is 5.32 Å². The van der Waals surface area contributed by atoms with Crippen molar-refractivity contribution in [1.29, 1.82) is 0 Å². The molecule has 1 aromatic carbocycles. The van der Waals surface area contributed by atoms with Crippen LogP contribution in [0.25, 0.3) is 0 Å². The van der Waals surface area contributed by atoms with Gasteiger partial charge in [-0.2, -0.15) is 0 Å². The Morgan fingerprint density at radius 2 is 2.14 bits per heavy atom. The highest BCUT2D eigenvalue weighted by molar-refractivity contribution is 7.99. The van der Waals surface area contributed by atoms with Crippen LogP contribution in [0.5, 0.6) is 0 Å². The van der Waals surface area contributed by atoms with E-state index in [-0.39, 0.29) is 5.82 Å². The normalized spacial score (nSPS) is 10.9. The van der Waals surface area contributed by atoms with Crippen LogP contribution in [-0.2, 0) is 0 Å². The van der Waals surface area contributed by atoms with Crippen molar-refractivity contribution < 1.29 is 4.39 Å². The van der Waals surface area contributed by atoms with Crippen molar-refractivity contribution in [3.63, 3.8) is 0 Å². The van der Waals surface area contributed by atoms with E-state index < -0.39 is 0 Å². The zero-order valence-electron chi connectivity index (χ0n) is 8.80. The maximum Gasteiger partial charge on any atom is 0.126 e. The quantitative estimate of drug-likeness (QED) is 0.609. The zero-order chi connectivity index (χ0) is 10.6. The number of thioether (sulfide) groups is 1. The molecule has 0 radical (unpaired) electrons. The van der Waals surface area contributed by atoms with Crippen molar-refractivity contribution in [2.75, 3.05) is 5.88 Å². The van der Waals surface area contributed by atoms with Gasteiger partial charge in [0.2, 0.25) is 0 Å². The highest BCUT2D eigenvalue weighted by Crippen LogP contribution is 2.19. The number of nitrogens with one attached hydrogen (secondary N) is 1. The van der Waals surface area contributed by atoms with Crippen LogP contribution in [0.2, 0.25) is 0 Å². The summed E-state index contributed by atoms with van der Waals surface area (Å²) in [5, 5.41) is 3.30. The van der Waals surface area contributed by atoms with Crippen LogP contribution in [0.4, 0.5) is 4.39 Å². The van der Waals surface area contributed by atoms with Crippen LogP contribution in [0.3, 0.4) is 0 Å². The number of benzene rings is 1. The predicted molar refractivity (Wildman–Crippen MR) is 60.1 cm³/mol. The molecular weight excluding hydrogens is 197 g/mol. The van der Waals surface area contributed by atoms with E-state index in [1.165, 1.54) is 6.07 Å². The summed E-state index contributed by atoms with van der Waals surface area (Å²) < 4.78 is 12.9. The van der Waals surface area contributed by atoms with E-state index in [0.717, 1.165) is 10.8 Å². The summed E-state index contributed by atoms with van der Waals surface area (Å²) >= 11 is 1.69. The van der Waals surface area contributed by atoms with Crippen LogP contribution in [0.1, 0.15) is 19.4 Å². The largest absolute Gasteiger partial charge is 0.305 e. The summed E-state index contributed by atoms with van der Waals surface area (Å²) in [5.74, 6) is 0.731. The second-order valence-corrected chi connectivity index (χ2v) is 4.61. The molecule has 0 bridgehead atoms. The van der Waals surface area contributed by atoms with Crippen molar-refractivity contribution in [2.45, 2.75) is 31.7 Å². The molecule has 0 aliphatic carbocycles. The van der Waals surface area contributed by atoms with E-state index in [1.54, 1.807) is 18.7 Å². The van der Waals surface area contributed by atoms with Crippen molar-refractivity contribution in [3.05, 3.63) is 29.6 Å². The van der Waals surface area contributed by atoms with Gasteiger partial charge in [-0.05, 0) is 30.7 Å². The topological polar surface area (TPSA) is 12.0 Å². The molecule has 0 saturated carbocycles. The third-order valence-electron chi connectivity index (χ3n) is 1.86. The maximum absolute atomic E-state index is 12.9. The molecule has 0 heterocycles. The molecule has 0 aliphatic rings. The summed E-state index contributed by atoms with van der Waals surface area (Å²) in [4.78, 5) is 1.11. The highest BCUT2D eigenvalue weighted by atomic mass is 32.2. The standard InChI is InChI=1S/C11H16FNS/c1-8(2)13-7-14-10-4-5-11(12)9(3)6-10/h4-6,8,13H,7H2,1-3H3. The van der Waals surface area contributed by atoms with Crippen LogP contribution in [0.15, 0.2) is 23.1 Å². The smallest absolute Gasteiger partial charge is 0.126 e. The van der Waals surface area contributed by atoms with Gasteiger partial charge in [0.25, 0.3) is 0 Å². The lowest BCUT2D eigenvalue weighted by molar-refractivity contribution is 0.617. The molecule has 1 aromatic rings. The first-order valence-electron chi connectivity index (χ1n) is 4.72. The van der Waals surface area contributed by atoms with E-state index >= 15 is 0 Å². The molecule has 0 fully saturated rings. The molecular formula is C11H16FNS. The molecule has 0 unspecified atom stereocenters. The van der Waals surface area contributed by atoms with Gasteiger partial charge in [0.05, 0.1) is 0 Å². The van der Waals surface area contributed by atoms with Gasteiger partial charge >= 0.3 is 0 Å². The maximum atomic E-state index is 12.9. The molecule has 3 heteroatoms. The van der Waals surface area contributed by atoms with Gasteiger partial charge in [-0.15, -0.1) is 11.8 Å². The molecule has 0 atom stereocenters. The number of rotatable bonds is 4. The Bertz CT molecular complexity index is 299. The number of hydrogen-bond acceptors (Lipinski definition) is 2. The van der Waals surface area contributed by atoms with Crippen molar-refractivity contribution in [2.24, 2.45) is 0 Å². The van der Waals surface area contributed by atoms with Crippen molar-refractivity contribution in [3.8, 4) is 0 Å². The lowest BCUT2D eigenvalue weighted by Gasteiger charge is -2.07. The fourth-order valence-corrected chi connectivity index (χ4v) is 2.01. The third kappa shape index (κ3) is 3.68. The molecule has 0 aliphatic heterocycles. The first-order chi connectivity index (χ1) is 6.59. The summed E-state index contributed by atoms with van der Waals surface area (Å²) in [7, 11) is 0. The average Bonchev–Trinajstić information content (AvgIpc) is 2.10. The van der Waals surface area contributed by atoms with Crippen LogP contribution in [-0.4, -0.2) is 11.9 Å². The third-order valence-corrected chi connectivity index (χ3v) is 2.76. The van der Waals surface area contributed by atoms with Gasteiger partial charge in [-0.1, -0.05) is 13.8 Å². The minimum absolute atomic E-state index is 0.133. The van der Waals surface area contributed by atoms with Crippen molar-refractivity contribution in [1.82, 2.24) is 5.32 Å². The van der Waals surface area contributed by atoms with E-state index in [9.17, 15) is 4.39 Å². The Hall–Kier alpha value is -0.540. The number of hydrogen-bond donors (Lipinski definition) is 1. The monoisotopic (exact) mass is 213 g/mol. The second kappa shape index (κ2) is 5.37. The lowest BCUT2D eigenvalue weighted by atomic mass is 10.2. The lowest BCUT2D eigenvalue weighted by Crippen LogP contribution is -2.21. The molecule has 78 valence electrons. The minimum Gasteiger partial charge on any atom is -0.305 e. The van der Waals surface area contributed by atoms with Crippen LogP contribution in [0, 0.1) is 12.7 Å². The zero-order valence-corrected chi connectivity index (χ0v) is 9.62. The molecule has 14 heavy (non-hydrogen) atoms. The second-order valence-electron chi connectivity index (χ2n) is 3.56. The minimum atomic E-state index is -0.133. The van der Waals surface area contributed by atoms with Gasteiger partial charge in [0, 0.05) is 16.8 Å². The van der Waals surface area contributed by atoms with E-state index in [1.807, 2.05) is 12.1 Å². The van der Waals surface area contributed by atoms with Crippen molar-refractivity contribution >= 4 is 11.8 Å². The van der Waals surface area contributed by atoms with Gasteiger partial charge in [-0.25, -0.2) is 4.39 Å². The van der Waals surface area contributed by atoms with E-state index in [4.69, 9.17) is 0 Å². The van der Waals surface area contributed by atoms with E-state index in [2.05, 4.69) is 19.2 Å². The molecule has 0 aromatic heterocycles. The predicted octanol–water partition coefficient (Wildman–Crippen LogP) is 3.18. The average molecular weight is 213 g/mol. The molecule has 1 nitrogen and oxygen atoms in total. The Kier molecular flexibility index (Phi) is 4.42. The fraction of sp³-hybridized carbons (Fsp3) is 0.455. The molecule has 1 rings (SSSR count). The Morgan fingerprint density at radius 3 is 2.71 bits per heavy atom. The van der Waals surface area contributed by atoms with Gasteiger partial charge in [0.1, 0.15) is 5.82 Å². The van der Waals surface area contributed by atoms with Gasteiger partial charge in [-0.3, -0.25) is 0 Å². The summed E-state index contributed by atoms with van der Waals surface area (Å²) in [6.45, 7) is 6.00. The summed E-state index contributed by atoms with van der Waals surface area (Å²) in [6, 6.07) is 5.70. The molecule has 0 amide bonds. The fourth-order valence-electron chi connectivity index (χ4n) is 0.999. The summed E-state index contributed by atoms with van der Waals surface area (Å²) in [5.41, 5.74) is 0.708. The highest BCUT2D eigenvalue weighted by Gasteiger charge is 1.99. The Morgan fingerprint density at radius 1 is 1.43 bits per heavy atom. The SMILES string of the molecule is Cc1cc(SCNC(C)C)ccc1F. The van der Waals surface area contributed by atoms with Crippen LogP contribution >= 0.6 is 11.8 Å². The molecule has 1 N–H and O–H groups in total. The van der Waals surface area contributed by atoms with Gasteiger partial charge in [0.15, 0.2) is 0 Å². The first-order valence-corrected chi connectivity index (χ1v) is 5.70. The number of aryl methyl sites for hydroxylation is 1. The molecule has 0 spiro atoms. The number of halogens is 1. The summed E-state index contributed by atoms with van der Waals surface area (Å²) in [6.07, 6.45) is 0.